The molecule has 2 aliphatic rings. The molecular formula is C72H51N3. The maximum atomic E-state index is 10.0. The number of anilines is 3. The lowest BCUT2D eigenvalue weighted by atomic mass is 9.68. The molecule has 3 heteroatoms. The lowest BCUT2D eigenvalue weighted by Gasteiger charge is -2.34. The van der Waals surface area contributed by atoms with Gasteiger partial charge in [-0.15, -0.1) is 0 Å². The van der Waals surface area contributed by atoms with Crippen LogP contribution in [0.1, 0.15) is 50.1 Å². The Balaban J connectivity index is 1.05. The van der Waals surface area contributed by atoms with E-state index in [0.29, 0.717) is 5.71 Å². The van der Waals surface area contributed by atoms with Crippen LogP contribution in [-0.2, 0) is 5.41 Å². The van der Waals surface area contributed by atoms with Gasteiger partial charge in [0, 0.05) is 39.3 Å². The average Bonchev–Trinajstić information content (AvgIpc) is 3.83. The van der Waals surface area contributed by atoms with Gasteiger partial charge in [-0.3, -0.25) is 5.41 Å². The second-order valence-corrected chi connectivity index (χ2v) is 19.2. The highest BCUT2D eigenvalue weighted by atomic mass is 15.1. The Labute approximate surface area is 439 Å². The summed E-state index contributed by atoms with van der Waals surface area (Å²) in [4.78, 5) is 2.45. The summed E-state index contributed by atoms with van der Waals surface area (Å²) in [5, 5.41) is 14.0. The Morgan fingerprint density at radius 3 is 1.44 bits per heavy atom. The Morgan fingerprint density at radius 1 is 0.373 bits per heavy atom. The third-order valence-corrected chi connectivity index (χ3v) is 15.0. The summed E-state index contributed by atoms with van der Waals surface area (Å²) in [6.45, 7) is 0. The minimum absolute atomic E-state index is 0.440. The predicted octanol–water partition coefficient (Wildman–Crippen LogP) is 17.9. The van der Waals surface area contributed by atoms with Crippen molar-refractivity contribution < 1.29 is 0 Å². The Kier molecular flexibility index (Phi) is 11.6. The fourth-order valence-corrected chi connectivity index (χ4v) is 11.5. The van der Waals surface area contributed by atoms with E-state index in [1.165, 1.54) is 44.5 Å². The molecule has 3 nitrogen and oxygen atoms in total. The molecule has 11 aromatic carbocycles. The summed E-state index contributed by atoms with van der Waals surface area (Å²) in [6.07, 6.45) is 2.25. The summed E-state index contributed by atoms with van der Waals surface area (Å²) < 4.78 is 0. The van der Waals surface area contributed by atoms with Crippen molar-refractivity contribution in [1.82, 2.24) is 5.32 Å². The zero-order chi connectivity index (χ0) is 50.1. The van der Waals surface area contributed by atoms with Crippen LogP contribution in [0.15, 0.2) is 291 Å². The van der Waals surface area contributed by atoms with Crippen molar-refractivity contribution in [1.29, 1.82) is 5.41 Å². The lowest BCUT2D eigenvalue weighted by Crippen LogP contribution is -2.28. The van der Waals surface area contributed by atoms with E-state index in [0.717, 1.165) is 73.0 Å². The largest absolute Gasteiger partial charge is 0.354 e. The molecule has 0 spiro atoms. The molecule has 2 N–H and O–H groups in total. The summed E-state index contributed by atoms with van der Waals surface area (Å²) in [7, 11) is 0. The monoisotopic (exact) mass is 957 g/mol. The van der Waals surface area contributed by atoms with Crippen LogP contribution < -0.4 is 10.2 Å². The number of hydrogen-bond donors (Lipinski definition) is 2. The molecule has 0 saturated heterocycles. The molecule has 0 unspecified atom stereocenters. The quantitative estimate of drug-likeness (QED) is 0.127. The molecule has 0 fully saturated rings. The van der Waals surface area contributed by atoms with Crippen molar-refractivity contribution in [2.24, 2.45) is 0 Å². The molecule has 354 valence electrons. The van der Waals surface area contributed by atoms with Gasteiger partial charge in [-0.05, 0) is 103 Å². The van der Waals surface area contributed by atoms with E-state index in [2.05, 4.69) is 271 Å². The first kappa shape index (κ1) is 45.1. The molecule has 11 aromatic rings. The molecule has 0 saturated carbocycles. The molecule has 0 aromatic heterocycles. The van der Waals surface area contributed by atoms with Gasteiger partial charge in [-0.1, -0.05) is 261 Å². The van der Waals surface area contributed by atoms with E-state index in [1.54, 1.807) is 0 Å². The molecule has 0 radical (unpaired) electrons. The fourth-order valence-electron chi connectivity index (χ4n) is 11.5. The number of benzene rings is 11. The summed E-state index contributed by atoms with van der Waals surface area (Å²) >= 11 is 0. The smallest absolute Gasteiger partial charge is 0.0714 e. The fraction of sp³-hybridized carbons (Fsp3) is 0.0139. The molecular weight excluding hydrogens is 907 g/mol. The number of hydrogen-bond acceptors (Lipinski definition) is 3. The third kappa shape index (κ3) is 7.99. The normalized spacial score (nSPS) is 13.6. The first-order chi connectivity index (χ1) is 37.1. The minimum atomic E-state index is -0.581. The van der Waals surface area contributed by atoms with E-state index in [-0.39, 0.29) is 0 Å². The van der Waals surface area contributed by atoms with E-state index in [9.17, 15) is 5.41 Å². The standard InChI is InChI=1S/C72H51N3/c73-70(56-28-13-4-14-29-56)68(55-26-11-3-12-27-55)71-63-49-61(47-44-57(63)48-66(74-71)54-24-9-2-10-25-54)75(60-45-42-53(43-46-60)52-40-38-51(39-41-52)50-22-7-1-8-23-50)67-37-21-36-65-69(67)62-34-19-20-35-64(62)72(65,58-30-15-5-16-31-58)59-32-17-6-18-33-59/h1-49,73-74H/b71-68-,73-70?. The summed E-state index contributed by atoms with van der Waals surface area (Å²) in [5.74, 6) is 0. The highest BCUT2D eigenvalue weighted by Gasteiger charge is 2.47. The topological polar surface area (TPSA) is 39.1 Å². The van der Waals surface area contributed by atoms with Gasteiger partial charge < -0.3 is 10.2 Å². The first-order valence-corrected chi connectivity index (χ1v) is 25.7. The van der Waals surface area contributed by atoms with Crippen LogP contribution in [0.5, 0.6) is 0 Å². The van der Waals surface area contributed by atoms with Gasteiger partial charge in [-0.2, -0.15) is 0 Å². The van der Waals surface area contributed by atoms with Crippen LogP contribution in [0.4, 0.5) is 17.1 Å². The van der Waals surface area contributed by atoms with Crippen LogP contribution in [-0.4, -0.2) is 5.71 Å². The van der Waals surface area contributed by atoms with Gasteiger partial charge in [0.05, 0.1) is 22.5 Å². The molecule has 0 bridgehead atoms. The van der Waals surface area contributed by atoms with Crippen molar-refractivity contribution in [3.63, 3.8) is 0 Å². The van der Waals surface area contributed by atoms with Crippen molar-refractivity contribution in [2.45, 2.75) is 5.41 Å². The van der Waals surface area contributed by atoms with Crippen molar-refractivity contribution in [3.05, 3.63) is 341 Å². The lowest BCUT2D eigenvalue weighted by molar-refractivity contribution is 0.768. The predicted molar refractivity (Wildman–Crippen MR) is 313 cm³/mol. The van der Waals surface area contributed by atoms with Gasteiger partial charge in [0.2, 0.25) is 0 Å². The van der Waals surface area contributed by atoms with Crippen LogP contribution in [0.3, 0.4) is 0 Å². The maximum absolute atomic E-state index is 10.0. The Morgan fingerprint density at radius 2 is 0.840 bits per heavy atom. The van der Waals surface area contributed by atoms with Gasteiger partial charge >= 0.3 is 0 Å². The zero-order valence-corrected chi connectivity index (χ0v) is 41.2. The maximum Gasteiger partial charge on any atom is 0.0714 e. The SMILES string of the molecule is N=C(/C(=C1\NC(c2ccccc2)=Cc2ccc(N(c3ccc(-c4ccc(-c5ccccc5)cc4)cc3)c3cccc4c3-c3ccccc3C4(c3ccccc3)c3ccccc3)cc21)c1ccccc1)c1ccccc1. The molecule has 13 rings (SSSR count). The molecule has 75 heavy (non-hydrogen) atoms. The number of fused-ring (bicyclic) bond motifs is 4. The number of rotatable bonds is 11. The van der Waals surface area contributed by atoms with Crippen molar-refractivity contribution in [3.8, 4) is 33.4 Å². The second kappa shape index (κ2) is 19.3. The molecule has 1 aliphatic carbocycles. The van der Waals surface area contributed by atoms with Gasteiger partial charge in [0.15, 0.2) is 0 Å². The number of nitrogens with one attached hydrogen (secondary N) is 2. The van der Waals surface area contributed by atoms with E-state index < -0.39 is 5.41 Å². The second-order valence-electron chi connectivity index (χ2n) is 19.2. The summed E-state index contributed by atoms with van der Waals surface area (Å²) in [6, 6.07) is 104. The van der Waals surface area contributed by atoms with Crippen LogP contribution >= 0.6 is 0 Å². The summed E-state index contributed by atoms with van der Waals surface area (Å²) in [5.41, 5.74) is 22.6. The molecule has 0 amide bonds. The van der Waals surface area contributed by atoms with E-state index >= 15 is 0 Å². The first-order valence-electron chi connectivity index (χ1n) is 25.7. The number of nitrogens with zero attached hydrogens (tertiary/aromatic N) is 1. The minimum Gasteiger partial charge on any atom is -0.354 e. The van der Waals surface area contributed by atoms with Crippen molar-refractivity contribution >= 4 is 45.8 Å². The van der Waals surface area contributed by atoms with E-state index in [1.807, 2.05) is 36.4 Å². The van der Waals surface area contributed by atoms with E-state index in [4.69, 9.17) is 0 Å². The Hall–Kier alpha value is -9.83. The van der Waals surface area contributed by atoms with Gasteiger partial charge in [0.1, 0.15) is 0 Å². The average molecular weight is 958 g/mol. The highest BCUT2D eigenvalue weighted by Crippen LogP contribution is 2.59. The van der Waals surface area contributed by atoms with Gasteiger partial charge in [0.25, 0.3) is 0 Å². The third-order valence-electron chi connectivity index (χ3n) is 15.0. The molecule has 1 heterocycles. The van der Waals surface area contributed by atoms with Crippen LogP contribution in [0, 0.1) is 5.41 Å². The van der Waals surface area contributed by atoms with Crippen molar-refractivity contribution in [2.75, 3.05) is 4.90 Å². The van der Waals surface area contributed by atoms with Crippen LogP contribution in [0.2, 0.25) is 0 Å². The highest BCUT2D eigenvalue weighted by molar-refractivity contribution is 6.36. The molecule has 1 aliphatic heterocycles. The number of allylic oxidation sites excluding steroid dienone is 1. The molecule has 0 atom stereocenters. The Bertz CT molecular complexity index is 3880. The van der Waals surface area contributed by atoms with Crippen LogP contribution in [0.25, 0.3) is 56.4 Å². The zero-order valence-electron chi connectivity index (χ0n) is 41.2. The van der Waals surface area contributed by atoms with Gasteiger partial charge in [-0.25, -0.2) is 0 Å².